The van der Waals surface area contributed by atoms with Gasteiger partial charge < -0.3 is 20.3 Å². The molecule has 0 spiro atoms. The molecule has 7 rings (SSSR count). The Morgan fingerprint density at radius 1 is 1.25 bits per heavy atom. The van der Waals surface area contributed by atoms with Gasteiger partial charge in [0.25, 0.3) is 0 Å². The second kappa shape index (κ2) is 12.3. The number of amides is 1. The van der Waals surface area contributed by atoms with E-state index in [2.05, 4.69) is 9.97 Å². The number of carbonyl (C=O) groups excluding carboxylic acids is 1. The molecular formula is C35H37F6N7O2S. The Hall–Kier alpha value is -4.10. The van der Waals surface area contributed by atoms with Crippen LogP contribution < -0.4 is 15.4 Å². The summed E-state index contributed by atoms with van der Waals surface area (Å²) in [7, 11) is 1.64. The van der Waals surface area contributed by atoms with E-state index in [1.807, 2.05) is 17.9 Å². The summed E-state index contributed by atoms with van der Waals surface area (Å²) >= 11 is 0.697. The topological polar surface area (TPSA) is 112 Å². The second-order valence-corrected chi connectivity index (χ2v) is 15.4. The average molecular weight is 734 g/mol. The highest BCUT2D eigenvalue weighted by Crippen LogP contribution is 2.59. The van der Waals surface area contributed by atoms with Gasteiger partial charge in [-0.25, -0.2) is 13.2 Å². The number of nitrogens with two attached hydrogens (primary N) is 1. The number of hydrogen-bond acceptors (Lipinski definition) is 9. The van der Waals surface area contributed by atoms with Crippen molar-refractivity contribution in [3.8, 4) is 12.1 Å². The number of rotatable bonds is 6. The number of benzene rings is 1. The number of alkyl halides is 4. The van der Waals surface area contributed by atoms with Crippen LogP contribution >= 0.6 is 11.3 Å². The van der Waals surface area contributed by atoms with Crippen molar-refractivity contribution in [3.05, 3.63) is 40.3 Å². The number of carbonyl (C=O) groups is 1. The monoisotopic (exact) mass is 733 g/mol. The molecule has 3 aliphatic heterocycles. The van der Waals surface area contributed by atoms with Gasteiger partial charge in [0, 0.05) is 56.0 Å². The highest BCUT2D eigenvalue weighted by molar-refractivity contribution is 7.23. The molecule has 1 unspecified atom stereocenters. The quantitative estimate of drug-likeness (QED) is 0.281. The van der Waals surface area contributed by atoms with Crippen LogP contribution in [0.4, 0.5) is 37.2 Å². The van der Waals surface area contributed by atoms with E-state index in [1.165, 1.54) is 6.92 Å². The molecule has 16 heteroatoms. The Kier molecular flexibility index (Phi) is 8.48. The van der Waals surface area contributed by atoms with Gasteiger partial charge in [0.2, 0.25) is 5.91 Å². The van der Waals surface area contributed by atoms with Gasteiger partial charge in [-0.15, -0.1) is 11.3 Å². The molecule has 1 aromatic carbocycles. The van der Waals surface area contributed by atoms with E-state index in [0.29, 0.717) is 37.3 Å². The third-order valence-corrected chi connectivity index (χ3v) is 12.5. The maximum absolute atomic E-state index is 17.4. The molecule has 4 aliphatic rings. The first-order valence-corrected chi connectivity index (χ1v) is 17.6. The number of nitrogen functional groups attached to an aromatic ring is 1. The van der Waals surface area contributed by atoms with E-state index in [-0.39, 0.29) is 81.2 Å². The first kappa shape index (κ1) is 35.3. The third kappa shape index (κ3) is 5.41. The van der Waals surface area contributed by atoms with Crippen LogP contribution in [-0.4, -0.2) is 88.9 Å². The second-order valence-electron chi connectivity index (χ2n) is 14.4. The van der Waals surface area contributed by atoms with Crippen LogP contribution in [0.1, 0.15) is 68.8 Å². The molecule has 0 radical (unpaired) electrons. The summed E-state index contributed by atoms with van der Waals surface area (Å²) in [6.07, 6.45) is -4.67. The van der Waals surface area contributed by atoms with E-state index in [1.54, 1.807) is 16.8 Å². The van der Waals surface area contributed by atoms with Crippen molar-refractivity contribution < 1.29 is 35.9 Å². The minimum atomic E-state index is -5.04. The van der Waals surface area contributed by atoms with Crippen molar-refractivity contribution in [1.29, 1.82) is 5.26 Å². The molecule has 3 fully saturated rings. The first-order chi connectivity index (χ1) is 24.0. The number of thiophene rings is 1. The molecule has 2 N–H and O–H groups in total. The SMILES string of the molecule is CC(=O)N1CC[C@@H](N(C)c2nc(OC[C@@]34CCCN3C[C@H](F)C4)nc3c2CC(C)(C(F)(F)F)C(c2ccc(F)c4sc(N)c(C#N)c24)=C3F)[C@@H]1C. The maximum Gasteiger partial charge on any atom is 0.398 e. The highest BCUT2D eigenvalue weighted by atomic mass is 32.1. The molecule has 5 heterocycles. The number of halogens is 6. The van der Waals surface area contributed by atoms with E-state index < -0.39 is 52.6 Å². The van der Waals surface area contributed by atoms with Gasteiger partial charge in [0.15, 0.2) is 5.83 Å². The van der Waals surface area contributed by atoms with Gasteiger partial charge in [-0.05, 0) is 57.7 Å². The highest BCUT2D eigenvalue weighted by Gasteiger charge is 2.58. The Balaban J connectivity index is 1.44. The molecule has 0 saturated carbocycles. The lowest BCUT2D eigenvalue weighted by Gasteiger charge is -2.40. The van der Waals surface area contributed by atoms with Crippen molar-refractivity contribution >= 4 is 49.5 Å². The summed E-state index contributed by atoms with van der Waals surface area (Å²) in [6, 6.07) is 2.80. The Morgan fingerprint density at radius 3 is 2.67 bits per heavy atom. The van der Waals surface area contributed by atoms with Gasteiger partial charge in [0.05, 0.1) is 27.3 Å². The van der Waals surface area contributed by atoms with Gasteiger partial charge >= 0.3 is 12.2 Å². The summed E-state index contributed by atoms with van der Waals surface area (Å²) in [6.45, 7) is 5.49. The number of aromatic nitrogens is 2. The third-order valence-electron chi connectivity index (χ3n) is 11.5. The average Bonchev–Trinajstić information content (AvgIpc) is 3.80. The van der Waals surface area contributed by atoms with E-state index in [4.69, 9.17) is 10.5 Å². The van der Waals surface area contributed by atoms with Gasteiger partial charge in [0.1, 0.15) is 41.2 Å². The van der Waals surface area contributed by atoms with Crippen LogP contribution in [0.25, 0.3) is 21.5 Å². The summed E-state index contributed by atoms with van der Waals surface area (Å²) in [5.41, 5.74) is 0.562. The van der Waals surface area contributed by atoms with E-state index in [9.17, 15) is 14.4 Å². The molecule has 3 aromatic rings. The Bertz CT molecular complexity index is 2010. The number of nitriles is 1. The summed E-state index contributed by atoms with van der Waals surface area (Å²) < 4.78 is 99.3. The fourth-order valence-electron chi connectivity index (χ4n) is 8.81. The van der Waals surface area contributed by atoms with Crippen molar-refractivity contribution in [3.63, 3.8) is 0 Å². The number of nitrogens with zero attached hydrogens (tertiary/aromatic N) is 6. The number of allylic oxidation sites excluding steroid dienone is 1. The molecule has 5 atom stereocenters. The lowest BCUT2D eigenvalue weighted by atomic mass is 9.68. The van der Waals surface area contributed by atoms with Gasteiger partial charge in [-0.2, -0.15) is 28.4 Å². The normalized spacial score (nSPS) is 27.9. The molecule has 9 nitrogen and oxygen atoms in total. The number of likely N-dealkylation sites (tertiary alicyclic amines) is 1. The summed E-state index contributed by atoms with van der Waals surface area (Å²) in [5.74, 6) is -2.28. The van der Waals surface area contributed by atoms with Crippen LogP contribution in [0, 0.1) is 22.6 Å². The van der Waals surface area contributed by atoms with Crippen molar-refractivity contribution in [2.24, 2.45) is 5.41 Å². The van der Waals surface area contributed by atoms with Crippen molar-refractivity contribution in [2.45, 2.75) is 82.8 Å². The number of anilines is 2. The smallest absolute Gasteiger partial charge is 0.398 e. The molecule has 51 heavy (non-hydrogen) atoms. The predicted octanol–water partition coefficient (Wildman–Crippen LogP) is 6.65. The minimum Gasteiger partial charge on any atom is -0.461 e. The van der Waals surface area contributed by atoms with E-state index >= 15 is 22.0 Å². The molecular weight excluding hydrogens is 696 g/mol. The Labute approximate surface area is 294 Å². The number of fused-ring (bicyclic) bond motifs is 3. The van der Waals surface area contributed by atoms with Crippen LogP contribution in [0.3, 0.4) is 0 Å². The molecule has 1 aliphatic carbocycles. The van der Waals surface area contributed by atoms with Crippen LogP contribution in [0.5, 0.6) is 6.01 Å². The number of hydrogen-bond donors (Lipinski definition) is 1. The summed E-state index contributed by atoms with van der Waals surface area (Å²) in [5, 5.41) is 9.58. The Morgan fingerprint density at radius 2 is 2.00 bits per heavy atom. The number of ether oxygens (including phenoxy) is 1. The predicted molar refractivity (Wildman–Crippen MR) is 181 cm³/mol. The van der Waals surface area contributed by atoms with Crippen molar-refractivity contribution in [2.75, 3.05) is 43.9 Å². The standard InChI is InChI=1S/C35H37F6N7O2S/c1-17-24(8-11-48(17)18(2)49)46(4)31-21-13-33(3,35(39,40)41)26(20-6-7-23(37)29-25(20)22(14-42)30(43)51-29)27(38)28(21)44-32(45-31)50-16-34-9-5-10-47(34)15-19(36)12-34/h6-7,17,19,24H,5,8-13,15-16,43H2,1-4H3/t17-,19+,24+,33?,34-/m0/s1. The van der Waals surface area contributed by atoms with Crippen LogP contribution in [0.2, 0.25) is 0 Å². The van der Waals surface area contributed by atoms with Crippen molar-refractivity contribution in [1.82, 2.24) is 19.8 Å². The number of likely N-dealkylation sites (N-methyl/N-ethyl adjacent to an activating group) is 1. The molecule has 2 aromatic heterocycles. The first-order valence-electron chi connectivity index (χ1n) is 16.8. The maximum atomic E-state index is 17.4. The van der Waals surface area contributed by atoms with Crippen LogP contribution in [-0.2, 0) is 11.2 Å². The molecule has 272 valence electrons. The minimum absolute atomic E-state index is 0.00986. The lowest BCUT2D eigenvalue weighted by molar-refractivity contribution is -0.195. The molecule has 0 bridgehead atoms. The van der Waals surface area contributed by atoms with Gasteiger partial charge in [-0.1, -0.05) is 6.07 Å². The zero-order chi connectivity index (χ0) is 36.8. The fraction of sp³-hybridized carbons (Fsp3) is 0.543. The largest absolute Gasteiger partial charge is 0.461 e. The lowest BCUT2D eigenvalue weighted by Crippen LogP contribution is -2.45. The molecule has 3 saturated heterocycles. The molecule has 1 amide bonds. The van der Waals surface area contributed by atoms with Gasteiger partial charge in [-0.3, -0.25) is 9.69 Å². The van der Waals surface area contributed by atoms with E-state index in [0.717, 1.165) is 25.5 Å². The zero-order valence-electron chi connectivity index (χ0n) is 28.5. The summed E-state index contributed by atoms with van der Waals surface area (Å²) in [4.78, 5) is 26.7. The zero-order valence-corrected chi connectivity index (χ0v) is 29.3. The fourth-order valence-corrected chi connectivity index (χ4v) is 9.76. The van der Waals surface area contributed by atoms with Crippen LogP contribution in [0.15, 0.2) is 12.1 Å².